The van der Waals surface area contributed by atoms with E-state index >= 15 is 0 Å². The summed E-state index contributed by atoms with van der Waals surface area (Å²) >= 11 is 1.75. The zero-order valence-electron chi connectivity index (χ0n) is 16.9. The molecule has 5 heteroatoms. The second kappa shape index (κ2) is 9.08. The third-order valence-electron chi connectivity index (χ3n) is 5.81. The average molecular weight is 409 g/mol. The first kappa shape index (κ1) is 20.1. The van der Waals surface area contributed by atoms with Crippen LogP contribution in [-0.4, -0.2) is 41.3 Å². The van der Waals surface area contributed by atoms with E-state index in [0.717, 1.165) is 43.2 Å². The number of thiazole rings is 1. The van der Waals surface area contributed by atoms with Crippen molar-refractivity contribution in [2.75, 3.05) is 26.3 Å². The van der Waals surface area contributed by atoms with Gasteiger partial charge < -0.3 is 9.84 Å². The average Bonchev–Trinajstić information content (AvgIpc) is 3.21. The maximum absolute atomic E-state index is 8.96. The lowest BCUT2D eigenvalue weighted by atomic mass is 9.70. The zero-order valence-corrected chi connectivity index (χ0v) is 17.7. The summed E-state index contributed by atoms with van der Waals surface area (Å²) in [7, 11) is 0. The third-order valence-corrected chi connectivity index (χ3v) is 6.58. The fraction of sp³-hybridized carbons (Fsp3) is 0.375. The molecule has 4 rings (SSSR count). The van der Waals surface area contributed by atoms with Crippen molar-refractivity contribution in [3.63, 3.8) is 0 Å². The van der Waals surface area contributed by atoms with Crippen molar-refractivity contribution in [1.29, 1.82) is 0 Å². The van der Waals surface area contributed by atoms with Gasteiger partial charge in [0.1, 0.15) is 12.4 Å². The molecule has 1 saturated heterocycles. The summed E-state index contributed by atoms with van der Waals surface area (Å²) in [5.74, 6) is 0.824. The molecule has 152 valence electrons. The summed E-state index contributed by atoms with van der Waals surface area (Å²) in [6.07, 6.45) is 2.14. The first-order valence-electron chi connectivity index (χ1n) is 10.2. The Hall–Kier alpha value is -2.21. The first-order chi connectivity index (χ1) is 14.2. The zero-order chi connectivity index (χ0) is 20.1. The second-order valence-corrected chi connectivity index (χ2v) is 8.76. The van der Waals surface area contributed by atoms with Gasteiger partial charge in [0.2, 0.25) is 0 Å². The van der Waals surface area contributed by atoms with E-state index in [4.69, 9.17) is 14.8 Å². The maximum atomic E-state index is 8.96. The van der Waals surface area contributed by atoms with E-state index < -0.39 is 0 Å². The predicted molar refractivity (Wildman–Crippen MR) is 118 cm³/mol. The molecule has 0 saturated carbocycles. The molecule has 0 radical (unpaired) electrons. The molecule has 1 fully saturated rings. The van der Waals surface area contributed by atoms with Crippen LogP contribution >= 0.6 is 11.3 Å². The topological polar surface area (TPSA) is 45.6 Å². The van der Waals surface area contributed by atoms with Crippen molar-refractivity contribution in [3.05, 3.63) is 81.8 Å². The number of rotatable bonds is 7. The van der Waals surface area contributed by atoms with E-state index in [-0.39, 0.29) is 12.0 Å². The number of likely N-dealkylation sites (tertiary alicyclic amines) is 1. The van der Waals surface area contributed by atoms with Gasteiger partial charge in [0.15, 0.2) is 0 Å². The number of hydrogen-bond acceptors (Lipinski definition) is 5. The van der Waals surface area contributed by atoms with E-state index in [1.54, 1.807) is 11.3 Å². The van der Waals surface area contributed by atoms with Crippen LogP contribution < -0.4 is 4.74 Å². The molecule has 0 aliphatic carbocycles. The van der Waals surface area contributed by atoms with Crippen molar-refractivity contribution in [2.24, 2.45) is 0 Å². The van der Waals surface area contributed by atoms with Gasteiger partial charge in [-0.1, -0.05) is 42.5 Å². The van der Waals surface area contributed by atoms with Crippen LogP contribution in [0.1, 0.15) is 34.7 Å². The Labute approximate surface area is 176 Å². The molecule has 0 unspecified atom stereocenters. The highest BCUT2D eigenvalue weighted by molar-refractivity contribution is 7.09. The Morgan fingerprint density at radius 3 is 2.59 bits per heavy atom. The quantitative estimate of drug-likeness (QED) is 0.629. The minimum Gasteiger partial charge on any atom is -0.491 e. The van der Waals surface area contributed by atoms with Crippen LogP contribution in [0.2, 0.25) is 0 Å². The predicted octanol–water partition coefficient (Wildman–Crippen LogP) is 4.40. The van der Waals surface area contributed by atoms with Crippen molar-refractivity contribution in [1.82, 2.24) is 9.88 Å². The monoisotopic (exact) mass is 408 g/mol. The van der Waals surface area contributed by atoms with E-state index in [1.165, 1.54) is 16.8 Å². The smallest absolute Gasteiger partial charge is 0.119 e. The number of aryl methyl sites for hydroxylation is 1. The van der Waals surface area contributed by atoms with Gasteiger partial charge in [0, 0.05) is 17.3 Å². The van der Waals surface area contributed by atoms with Crippen molar-refractivity contribution in [2.45, 2.75) is 31.7 Å². The number of aliphatic hydroxyl groups excluding tert-OH is 1. The largest absolute Gasteiger partial charge is 0.491 e. The number of nitrogens with zero attached hydrogens (tertiary/aromatic N) is 2. The van der Waals surface area contributed by atoms with Gasteiger partial charge in [0.25, 0.3) is 0 Å². The number of aliphatic hydroxyl groups is 1. The molecule has 0 bridgehead atoms. The molecule has 29 heavy (non-hydrogen) atoms. The van der Waals surface area contributed by atoms with Crippen LogP contribution in [0.3, 0.4) is 0 Å². The summed E-state index contributed by atoms with van der Waals surface area (Å²) in [4.78, 5) is 7.41. The molecule has 2 aromatic carbocycles. The number of hydrogen-bond donors (Lipinski definition) is 1. The van der Waals surface area contributed by atoms with Gasteiger partial charge in [0.05, 0.1) is 17.3 Å². The molecule has 1 N–H and O–H groups in total. The van der Waals surface area contributed by atoms with Crippen molar-refractivity contribution < 1.29 is 9.84 Å². The third kappa shape index (κ3) is 4.53. The van der Waals surface area contributed by atoms with Crippen LogP contribution in [0.15, 0.2) is 60.0 Å². The maximum Gasteiger partial charge on any atom is 0.119 e. The van der Waals surface area contributed by atoms with E-state index in [1.807, 2.05) is 12.1 Å². The lowest BCUT2D eigenvalue weighted by molar-refractivity contribution is 0.170. The fourth-order valence-electron chi connectivity index (χ4n) is 4.28. The van der Waals surface area contributed by atoms with E-state index in [0.29, 0.717) is 6.61 Å². The van der Waals surface area contributed by atoms with E-state index in [2.05, 4.69) is 59.7 Å². The van der Waals surface area contributed by atoms with Gasteiger partial charge in [-0.25, -0.2) is 4.98 Å². The lowest BCUT2D eigenvalue weighted by Crippen LogP contribution is -2.43. The molecule has 2 heterocycles. The highest BCUT2D eigenvalue weighted by Crippen LogP contribution is 2.42. The molecule has 0 spiro atoms. The molecule has 3 aromatic rings. The van der Waals surface area contributed by atoms with Crippen molar-refractivity contribution >= 4 is 11.3 Å². The van der Waals surface area contributed by atoms with Gasteiger partial charge in [-0.15, -0.1) is 11.3 Å². The molecule has 4 nitrogen and oxygen atoms in total. The van der Waals surface area contributed by atoms with Crippen LogP contribution in [0.4, 0.5) is 0 Å². The molecular weight excluding hydrogens is 380 g/mol. The highest BCUT2D eigenvalue weighted by Gasteiger charge is 2.39. The number of benzene rings is 2. The molecule has 1 aliphatic rings. The van der Waals surface area contributed by atoms with Crippen LogP contribution in [0, 0.1) is 6.92 Å². The number of piperidine rings is 1. The Balaban J connectivity index is 1.49. The summed E-state index contributed by atoms with van der Waals surface area (Å²) in [5, 5.41) is 12.3. The first-order valence-corrected chi connectivity index (χ1v) is 11.1. The fourth-order valence-corrected chi connectivity index (χ4v) is 4.99. The second-order valence-electron chi connectivity index (χ2n) is 7.70. The minimum atomic E-state index is 0.00854. The molecule has 1 aromatic heterocycles. The molecule has 0 atom stereocenters. The van der Waals surface area contributed by atoms with Crippen LogP contribution in [-0.2, 0) is 12.0 Å². The van der Waals surface area contributed by atoms with E-state index in [9.17, 15) is 0 Å². The standard InChI is InChI=1S/C24H28N2O2S/c1-19-25-23(18-29-19)24(21-7-3-2-4-8-21)10-12-26(13-11-24)17-20-6-5-9-22(16-20)28-15-14-27/h2-9,16,18,27H,10-15,17H2,1H3. The molecular formula is C24H28N2O2S. The molecule has 1 aliphatic heterocycles. The Morgan fingerprint density at radius 1 is 1.10 bits per heavy atom. The number of aromatic nitrogens is 1. The SMILES string of the molecule is Cc1nc(C2(c3ccccc3)CCN(Cc3cccc(OCCO)c3)CC2)cs1. The number of ether oxygens (including phenoxy) is 1. The highest BCUT2D eigenvalue weighted by atomic mass is 32.1. The van der Waals surface area contributed by atoms with Crippen LogP contribution in [0.5, 0.6) is 5.75 Å². The Morgan fingerprint density at radius 2 is 1.90 bits per heavy atom. The summed E-state index contributed by atoms with van der Waals surface area (Å²) in [5.41, 5.74) is 3.86. The van der Waals surface area contributed by atoms with Crippen molar-refractivity contribution in [3.8, 4) is 5.75 Å². The summed E-state index contributed by atoms with van der Waals surface area (Å²) in [6, 6.07) is 19.1. The Kier molecular flexibility index (Phi) is 6.28. The van der Waals surface area contributed by atoms with Crippen LogP contribution in [0.25, 0.3) is 0 Å². The minimum absolute atomic E-state index is 0.00854. The van der Waals surface area contributed by atoms with Gasteiger partial charge in [-0.3, -0.25) is 4.90 Å². The Bertz CT molecular complexity index is 917. The van der Waals surface area contributed by atoms with Gasteiger partial charge in [-0.05, 0) is 56.1 Å². The van der Waals surface area contributed by atoms with Gasteiger partial charge in [-0.2, -0.15) is 0 Å². The lowest BCUT2D eigenvalue weighted by Gasteiger charge is -2.41. The van der Waals surface area contributed by atoms with Gasteiger partial charge >= 0.3 is 0 Å². The summed E-state index contributed by atoms with van der Waals surface area (Å²) < 4.78 is 5.56. The normalized spacial score (nSPS) is 16.6. The summed E-state index contributed by atoms with van der Waals surface area (Å²) in [6.45, 7) is 5.44. The molecule has 0 amide bonds.